The third-order valence-corrected chi connectivity index (χ3v) is 1.85. The maximum atomic E-state index is 5.70. The zero-order chi connectivity index (χ0) is 9.80. The van der Waals surface area contributed by atoms with Crippen molar-refractivity contribution in [3.63, 3.8) is 0 Å². The van der Waals surface area contributed by atoms with E-state index in [0.29, 0.717) is 12.2 Å². The molecule has 0 radical (unpaired) electrons. The normalized spacial score (nSPS) is 10.0. The molecule has 2 aromatic rings. The fraction of sp³-hybridized carbons (Fsp3) is 0.111. The molecule has 5 heteroatoms. The average molecular weight is 189 g/mol. The number of nitrogens with two attached hydrogens (primary N) is 1. The van der Waals surface area contributed by atoms with Crippen molar-refractivity contribution in [2.24, 2.45) is 0 Å². The quantitative estimate of drug-likeness (QED) is 0.673. The number of aromatic amines is 1. The highest BCUT2D eigenvalue weighted by atomic mass is 15.0. The number of rotatable bonds is 3. The van der Waals surface area contributed by atoms with Crippen molar-refractivity contribution in [1.29, 1.82) is 0 Å². The Balaban J connectivity index is 2.02. The number of nitrogens with zero attached hydrogens (tertiary/aromatic N) is 2. The Morgan fingerprint density at radius 2 is 2.36 bits per heavy atom. The molecule has 0 saturated heterocycles. The molecule has 14 heavy (non-hydrogen) atoms. The molecule has 72 valence electrons. The first kappa shape index (κ1) is 8.55. The van der Waals surface area contributed by atoms with Crippen LogP contribution in [0.25, 0.3) is 0 Å². The smallest absolute Gasteiger partial charge is 0.125 e. The highest BCUT2D eigenvalue weighted by Crippen LogP contribution is 2.15. The summed E-state index contributed by atoms with van der Waals surface area (Å²) in [5.41, 5.74) is 7.21. The van der Waals surface area contributed by atoms with E-state index in [4.69, 9.17) is 5.73 Å². The second kappa shape index (κ2) is 3.78. The highest BCUT2D eigenvalue weighted by Gasteiger charge is 1.98. The molecular weight excluding hydrogens is 178 g/mol. The predicted molar refractivity (Wildman–Crippen MR) is 54.6 cm³/mol. The molecule has 0 spiro atoms. The van der Waals surface area contributed by atoms with Crippen LogP contribution in [0.1, 0.15) is 5.82 Å². The van der Waals surface area contributed by atoms with Crippen molar-refractivity contribution in [2.45, 2.75) is 6.54 Å². The summed E-state index contributed by atoms with van der Waals surface area (Å²) in [5, 5.41) is 3.16. The zero-order valence-electron chi connectivity index (χ0n) is 7.57. The van der Waals surface area contributed by atoms with E-state index in [1.165, 1.54) is 0 Å². The van der Waals surface area contributed by atoms with Crippen LogP contribution in [0.15, 0.2) is 30.9 Å². The lowest BCUT2D eigenvalue weighted by Gasteiger charge is -2.06. The van der Waals surface area contributed by atoms with Gasteiger partial charge < -0.3 is 16.0 Å². The minimum absolute atomic E-state index is 0.626. The molecule has 0 amide bonds. The van der Waals surface area contributed by atoms with Gasteiger partial charge in [-0.25, -0.2) is 4.98 Å². The number of hydrogen-bond acceptors (Lipinski definition) is 4. The van der Waals surface area contributed by atoms with Crippen molar-refractivity contribution in [1.82, 2.24) is 15.0 Å². The number of nitrogen functional groups attached to an aromatic ring is 1. The third kappa shape index (κ3) is 1.82. The van der Waals surface area contributed by atoms with Gasteiger partial charge in [-0.3, -0.25) is 4.98 Å². The topological polar surface area (TPSA) is 79.6 Å². The maximum absolute atomic E-state index is 5.70. The summed E-state index contributed by atoms with van der Waals surface area (Å²) in [6.07, 6.45) is 6.81. The molecule has 0 fully saturated rings. The third-order valence-electron chi connectivity index (χ3n) is 1.85. The van der Waals surface area contributed by atoms with Crippen molar-refractivity contribution >= 4 is 11.4 Å². The first-order chi connectivity index (χ1) is 6.86. The second-order valence-electron chi connectivity index (χ2n) is 2.85. The minimum atomic E-state index is 0.626. The van der Waals surface area contributed by atoms with E-state index in [9.17, 15) is 0 Å². The summed E-state index contributed by atoms with van der Waals surface area (Å²) < 4.78 is 0. The average Bonchev–Trinajstić information content (AvgIpc) is 2.69. The van der Waals surface area contributed by atoms with Crippen LogP contribution in [-0.4, -0.2) is 15.0 Å². The van der Waals surface area contributed by atoms with Gasteiger partial charge in [-0.2, -0.15) is 0 Å². The lowest BCUT2D eigenvalue weighted by Crippen LogP contribution is -2.03. The lowest BCUT2D eigenvalue weighted by molar-refractivity contribution is 1.000. The molecule has 0 aliphatic rings. The van der Waals surface area contributed by atoms with Crippen molar-refractivity contribution < 1.29 is 0 Å². The molecule has 2 rings (SSSR count). The Morgan fingerprint density at radius 1 is 1.43 bits per heavy atom. The van der Waals surface area contributed by atoms with Gasteiger partial charge >= 0.3 is 0 Å². The van der Waals surface area contributed by atoms with Gasteiger partial charge in [0.25, 0.3) is 0 Å². The lowest BCUT2D eigenvalue weighted by atomic mass is 10.3. The number of nitrogens with one attached hydrogen (secondary N) is 2. The van der Waals surface area contributed by atoms with E-state index in [1.807, 2.05) is 6.07 Å². The second-order valence-corrected chi connectivity index (χ2v) is 2.85. The van der Waals surface area contributed by atoms with E-state index >= 15 is 0 Å². The van der Waals surface area contributed by atoms with Gasteiger partial charge in [0.15, 0.2) is 0 Å². The molecule has 0 aromatic carbocycles. The first-order valence-corrected chi connectivity index (χ1v) is 4.28. The van der Waals surface area contributed by atoms with E-state index in [0.717, 1.165) is 11.5 Å². The van der Waals surface area contributed by atoms with E-state index < -0.39 is 0 Å². The summed E-state index contributed by atoms with van der Waals surface area (Å²) in [5.74, 6) is 0.876. The van der Waals surface area contributed by atoms with Crippen LogP contribution >= 0.6 is 0 Å². The van der Waals surface area contributed by atoms with Gasteiger partial charge in [0.05, 0.1) is 24.1 Å². The van der Waals surface area contributed by atoms with Gasteiger partial charge in [-0.05, 0) is 6.07 Å². The van der Waals surface area contributed by atoms with Crippen LogP contribution in [0, 0.1) is 0 Å². The number of H-pyrrole nitrogens is 1. The maximum Gasteiger partial charge on any atom is 0.125 e. The minimum Gasteiger partial charge on any atom is -0.396 e. The monoisotopic (exact) mass is 189 g/mol. The van der Waals surface area contributed by atoms with Crippen molar-refractivity contribution in [3.8, 4) is 0 Å². The van der Waals surface area contributed by atoms with Gasteiger partial charge in [0, 0.05) is 18.6 Å². The van der Waals surface area contributed by atoms with Crippen LogP contribution in [0.2, 0.25) is 0 Å². The van der Waals surface area contributed by atoms with Gasteiger partial charge in [0.2, 0.25) is 0 Å². The molecule has 5 nitrogen and oxygen atoms in total. The van der Waals surface area contributed by atoms with Crippen LogP contribution < -0.4 is 11.1 Å². The fourth-order valence-corrected chi connectivity index (χ4v) is 1.14. The molecule has 0 saturated carbocycles. The molecule has 0 bridgehead atoms. The van der Waals surface area contributed by atoms with E-state index in [2.05, 4.69) is 20.3 Å². The van der Waals surface area contributed by atoms with E-state index in [1.54, 1.807) is 24.8 Å². The van der Waals surface area contributed by atoms with Gasteiger partial charge in [0.1, 0.15) is 5.82 Å². The zero-order valence-corrected chi connectivity index (χ0v) is 7.57. The Bertz CT molecular complexity index is 395. The Kier molecular flexibility index (Phi) is 2.31. The van der Waals surface area contributed by atoms with Crippen LogP contribution in [0.4, 0.5) is 11.4 Å². The Morgan fingerprint density at radius 3 is 3.07 bits per heavy atom. The summed E-state index contributed by atoms with van der Waals surface area (Å²) in [4.78, 5) is 11.0. The Hall–Kier alpha value is -2.04. The summed E-state index contributed by atoms with van der Waals surface area (Å²) >= 11 is 0. The highest BCUT2D eigenvalue weighted by molar-refractivity contribution is 5.63. The van der Waals surface area contributed by atoms with Gasteiger partial charge in [-0.15, -0.1) is 0 Å². The predicted octanol–water partition coefficient (Wildman–Crippen LogP) is 0.999. The molecule has 2 heterocycles. The Labute approximate surface area is 81.4 Å². The van der Waals surface area contributed by atoms with Crippen molar-refractivity contribution in [2.75, 3.05) is 11.1 Å². The number of anilines is 2. The largest absolute Gasteiger partial charge is 0.396 e. The van der Waals surface area contributed by atoms with Crippen LogP contribution in [0.5, 0.6) is 0 Å². The number of hydrogen-bond donors (Lipinski definition) is 3. The van der Waals surface area contributed by atoms with E-state index in [-0.39, 0.29) is 0 Å². The molecule has 0 atom stereocenters. The SMILES string of the molecule is Nc1cnccc1NCc1ncc[nH]1. The van der Waals surface area contributed by atoms with Gasteiger partial charge in [-0.1, -0.05) is 0 Å². The first-order valence-electron chi connectivity index (χ1n) is 4.28. The molecule has 2 aromatic heterocycles. The van der Waals surface area contributed by atoms with Crippen LogP contribution in [0.3, 0.4) is 0 Å². The summed E-state index contributed by atoms with van der Waals surface area (Å²) in [6.45, 7) is 0.626. The summed E-state index contributed by atoms with van der Waals surface area (Å²) in [7, 11) is 0. The molecule has 0 unspecified atom stereocenters. The molecule has 0 aliphatic heterocycles. The summed E-state index contributed by atoms with van der Waals surface area (Å²) in [6, 6.07) is 1.83. The fourth-order valence-electron chi connectivity index (χ4n) is 1.14. The number of pyridine rings is 1. The molecular formula is C9H11N5. The van der Waals surface area contributed by atoms with Crippen molar-refractivity contribution in [3.05, 3.63) is 36.7 Å². The van der Waals surface area contributed by atoms with Crippen LogP contribution in [-0.2, 0) is 6.54 Å². The number of imidazole rings is 1. The number of aromatic nitrogens is 3. The molecule has 0 aliphatic carbocycles. The standard InChI is InChI=1S/C9H11N5/c10-7-5-11-2-1-8(7)14-6-9-12-3-4-13-9/h1-5H,6,10H2,(H,11,14)(H,12,13). The molecule has 4 N–H and O–H groups in total.